The number of halogens is 1. The van der Waals surface area contributed by atoms with Crippen LogP contribution in [0, 0.1) is 17.1 Å². The SMILES string of the molecule is N=C/C=N\[NH2+]c1ccc(NCCO)nc1C(=O)N[C@H]1CCC[C@@H]1COc1ccc(F)cc1. The minimum Gasteiger partial charge on any atom is -0.493 e. The Balaban J connectivity index is 1.68. The molecule has 9 nitrogen and oxygen atoms in total. The highest BCUT2D eigenvalue weighted by atomic mass is 19.1. The van der Waals surface area contributed by atoms with E-state index in [0.717, 1.165) is 25.5 Å². The van der Waals surface area contributed by atoms with Gasteiger partial charge in [-0.15, -0.1) is 0 Å². The molecule has 0 radical (unpaired) electrons. The van der Waals surface area contributed by atoms with E-state index in [1.54, 1.807) is 24.3 Å². The Morgan fingerprint density at radius 1 is 1.31 bits per heavy atom. The van der Waals surface area contributed by atoms with Crippen LogP contribution in [-0.2, 0) is 0 Å². The fourth-order valence-corrected chi connectivity index (χ4v) is 3.60. The second-order valence-electron chi connectivity index (χ2n) is 7.41. The maximum absolute atomic E-state index is 13.1. The summed E-state index contributed by atoms with van der Waals surface area (Å²) >= 11 is 0. The Labute approximate surface area is 185 Å². The number of aromatic nitrogens is 1. The normalized spacial score (nSPS) is 17.9. The maximum Gasteiger partial charge on any atom is 0.276 e. The number of amides is 1. The van der Waals surface area contributed by atoms with Crippen LogP contribution in [0.4, 0.5) is 15.9 Å². The highest BCUT2D eigenvalue weighted by Crippen LogP contribution is 2.27. The highest BCUT2D eigenvalue weighted by molar-refractivity contribution is 6.14. The van der Waals surface area contributed by atoms with Gasteiger partial charge in [0.15, 0.2) is 11.4 Å². The van der Waals surface area contributed by atoms with Gasteiger partial charge in [0.05, 0.1) is 13.2 Å². The quantitative estimate of drug-likeness (QED) is 0.203. The monoisotopic (exact) mass is 443 g/mol. The number of rotatable bonds is 11. The molecule has 32 heavy (non-hydrogen) atoms. The second-order valence-corrected chi connectivity index (χ2v) is 7.41. The van der Waals surface area contributed by atoms with Crippen molar-refractivity contribution >= 4 is 29.8 Å². The Kier molecular flexibility index (Phi) is 8.64. The van der Waals surface area contributed by atoms with E-state index in [0.29, 0.717) is 30.4 Å². The number of nitrogens with two attached hydrogens (primary N) is 1. The van der Waals surface area contributed by atoms with E-state index in [1.807, 2.05) is 0 Å². The second kappa shape index (κ2) is 11.9. The van der Waals surface area contributed by atoms with Gasteiger partial charge in [-0.25, -0.2) is 9.37 Å². The Bertz CT molecular complexity index is 938. The first kappa shape index (κ1) is 23.3. The van der Waals surface area contributed by atoms with Crippen LogP contribution in [0.3, 0.4) is 0 Å². The summed E-state index contributed by atoms with van der Waals surface area (Å²) in [7, 11) is 0. The third-order valence-electron chi connectivity index (χ3n) is 5.19. The van der Waals surface area contributed by atoms with E-state index in [1.165, 1.54) is 23.8 Å². The fraction of sp³-hybridized carbons (Fsp3) is 0.364. The van der Waals surface area contributed by atoms with Crippen molar-refractivity contribution in [3.05, 3.63) is 47.9 Å². The lowest BCUT2D eigenvalue weighted by Crippen LogP contribution is -2.72. The van der Waals surface area contributed by atoms with Gasteiger partial charge in [0.2, 0.25) is 0 Å². The summed E-state index contributed by atoms with van der Waals surface area (Å²) in [4.78, 5) is 17.5. The number of carbonyl (C=O) groups is 1. The first-order valence-electron chi connectivity index (χ1n) is 10.5. The van der Waals surface area contributed by atoms with Crippen LogP contribution in [0.5, 0.6) is 5.75 Å². The van der Waals surface area contributed by atoms with Crippen molar-refractivity contribution in [2.75, 3.05) is 25.1 Å². The molecule has 0 saturated heterocycles. The molecule has 1 saturated carbocycles. The van der Waals surface area contributed by atoms with Crippen molar-refractivity contribution in [3.8, 4) is 5.75 Å². The molecule has 1 aliphatic carbocycles. The predicted molar refractivity (Wildman–Crippen MR) is 119 cm³/mol. The zero-order chi connectivity index (χ0) is 22.8. The van der Waals surface area contributed by atoms with Crippen LogP contribution in [0.2, 0.25) is 0 Å². The maximum atomic E-state index is 13.1. The number of aliphatic hydroxyl groups is 1. The number of nitrogens with one attached hydrogen (secondary N) is 3. The predicted octanol–water partition coefficient (Wildman–Crippen LogP) is 1.43. The van der Waals surface area contributed by atoms with Gasteiger partial charge in [0.25, 0.3) is 5.91 Å². The largest absolute Gasteiger partial charge is 0.493 e. The molecule has 1 fully saturated rings. The van der Waals surface area contributed by atoms with Crippen LogP contribution in [0.25, 0.3) is 0 Å². The van der Waals surface area contributed by atoms with Gasteiger partial charge in [-0.3, -0.25) is 4.79 Å². The minimum absolute atomic E-state index is 0.0570. The summed E-state index contributed by atoms with van der Waals surface area (Å²) in [6.45, 7) is 0.678. The lowest BCUT2D eigenvalue weighted by molar-refractivity contribution is -0.577. The van der Waals surface area contributed by atoms with Crippen molar-refractivity contribution in [1.82, 2.24) is 10.3 Å². The zero-order valence-electron chi connectivity index (χ0n) is 17.6. The highest BCUT2D eigenvalue weighted by Gasteiger charge is 2.31. The Morgan fingerprint density at radius 2 is 2.12 bits per heavy atom. The Hall–Kier alpha value is -3.37. The molecule has 170 valence electrons. The third-order valence-corrected chi connectivity index (χ3v) is 5.19. The smallest absolute Gasteiger partial charge is 0.276 e. The number of aliphatic hydroxyl groups excluding tert-OH is 1. The number of carbonyl (C=O) groups excluding carboxylic acids is 1. The number of anilines is 1. The molecular formula is C22H28FN6O3+. The molecule has 6 N–H and O–H groups in total. The summed E-state index contributed by atoms with van der Waals surface area (Å²) < 4.78 is 18.9. The molecule has 2 aromatic rings. The third kappa shape index (κ3) is 6.56. The molecule has 10 heteroatoms. The summed E-state index contributed by atoms with van der Waals surface area (Å²) in [6.07, 6.45) is 5.07. The number of hydrogen-bond acceptors (Lipinski definition) is 7. The molecule has 0 aliphatic heterocycles. The van der Waals surface area contributed by atoms with Gasteiger partial charge >= 0.3 is 0 Å². The number of pyridine rings is 1. The molecule has 0 unspecified atom stereocenters. The van der Waals surface area contributed by atoms with E-state index in [2.05, 4.69) is 20.7 Å². The molecule has 1 heterocycles. The number of quaternary nitrogens is 1. The summed E-state index contributed by atoms with van der Waals surface area (Å²) in [5.41, 5.74) is 2.21. The van der Waals surface area contributed by atoms with E-state index in [9.17, 15) is 9.18 Å². The molecule has 3 rings (SSSR count). The van der Waals surface area contributed by atoms with Crippen molar-refractivity contribution in [3.63, 3.8) is 0 Å². The average molecular weight is 444 g/mol. The lowest BCUT2D eigenvalue weighted by Gasteiger charge is -2.21. The molecule has 0 bridgehead atoms. The molecule has 1 aromatic heterocycles. The van der Waals surface area contributed by atoms with Crippen LogP contribution in [0.15, 0.2) is 41.5 Å². The number of ether oxygens (including phenoxy) is 1. The lowest BCUT2D eigenvalue weighted by atomic mass is 10.0. The van der Waals surface area contributed by atoms with Gasteiger partial charge in [-0.1, -0.05) is 11.5 Å². The topological polar surface area (TPSA) is 136 Å². The molecular weight excluding hydrogens is 415 g/mol. The van der Waals surface area contributed by atoms with Crippen molar-refractivity contribution in [2.45, 2.75) is 25.3 Å². The molecule has 1 aromatic carbocycles. The van der Waals surface area contributed by atoms with E-state index in [4.69, 9.17) is 15.3 Å². The van der Waals surface area contributed by atoms with Gasteiger partial charge in [-0.2, -0.15) is 5.43 Å². The molecule has 1 amide bonds. The van der Waals surface area contributed by atoms with Crippen molar-refractivity contribution < 1.29 is 24.5 Å². The summed E-state index contributed by atoms with van der Waals surface area (Å²) in [5, 5.41) is 26.1. The first-order chi connectivity index (χ1) is 15.6. The zero-order valence-corrected chi connectivity index (χ0v) is 17.6. The average Bonchev–Trinajstić information content (AvgIpc) is 3.24. The van der Waals surface area contributed by atoms with Gasteiger partial charge < -0.3 is 25.9 Å². The molecule has 0 spiro atoms. The van der Waals surface area contributed by atoms with E-state index in [-0.39, 0.29) is 36.0 Å². The van der Waals surface area contributed by atoms with E-state index >= 15 is 0 Å². The van der Waals surface area contributed by atoms with Gasteiger partial charge in [0, 0.05) is 30.8 Å². The van der Waals surface area contributed by atoms with Gasteiger partial charge in [0.1, 0.15) is 23.6 Å². The number of nitrogens with zero attached hydrogens (tertiary/aromatic N) is 2. The van der Waals surface area contributed by atoms with Crippen LogP contribution < -0.4 is 20.8 Å². The van der Waals surface area contributed by atoms with Gasteiger partial charge in [-0.05, 0) is 43.2 Å². The molecule has 1 aliphatic rings. The minimum atomic E-state index is -0.326. The van der Waals surface area contributed by atoms with Crippen LogP contribution in [0.1, 0.15) is 29.8 Å². The Morgan fingerprint density at radius 3 is 2.88 bits per heavy atom. The molecule has 2 atom stereocenters. The number of hydrogen-bond donors (Lipinski definition) is 5. The van der Waals surface area contributed by atoms with Crippen LogP contribution in [-0.4, -0.2) is 54.2 Å². The standard InChI is InChI=1S/C22H27FN6O3/c23-16-4-6-17(7-5-16)32-14-15-2-1-3-18(15)27-22(31)21-19(29-26-11-10-24)8-9-20(28-21)25-12-13-30/h4-11,15,18,24,29-30H,1-3,12-14H2,(H,25,28)(H,27,31)/p+1/b24-10?,26-11-/t15-,18+/m1/s1. The van der Waals surface area contributed by atoms with Crippen molar-refractivity contribution in [2.24, 2.45) is 11.0 Å². The van der Waals surface area contributed by atoms with E-state index < -0.39 is 0 Å². The summed E-state index contributed by atoms with van der Waals surface area (Å²) in [5.74, 6) is 0.550. The fourth-order valence-electron chi connectivity index (χ4n) is 3.60. The van der Waals surface area contributed by atoms with Crippen LogP contribution >= 0.6 is 0 Å². The first-order valence-corrected chi connectivity index (χ1v) is 10.5. The van der Waals surface area contributed by atoms with Crippen molar-refractivity contribution in [1.29, 1.82) is 5.41 Å². The number of benzene rings is 1. The summed E-state index contributed by atoms with van der Waals surface area (Å²) in [6, 6.07) is 9.22.